The van der Waals surface area contributed by atoms with Gasteiger partial charge in [0.15, 0.2) is 0 Å². The van der Waals surface area contributed by atoms with Crippen LogP contribution in [0.3, 0.4) is 0 Å². The normalized spacial score (nSPS) is 15.8. The topological polar surface area (TPSA) is 87.5 Å². The van der Waals surface area contributed by atoms with E-state index in [0.29, 0.717) is 11.3 Å². The number of benzene rings is 2. The molecule has 26 heavy (non-hydrogen) atoms. The van der Waals surface area contributed by atoms with Gasteiger partial charge in [0.25, 0.3) is 11.6 Å². The van der Waals surface area contributed by atoms with Gasteiger partial charge in [0.05, 0.1) is 4.92 Å². The van der Waals surface area contributed by atoms with Gasteiger partial charge in [0.1, 0.15) is 5.69 Å². The molecule has 2 aromatic carbocycles. The molecule has 138 valence electrons. The quantitative estimate of drug-likeness (QED) is 0.618. The molecule has 0 bridgehead atoms. The Hall–Kier alpha value is -2.64. The van der Waals surface area contributed by atoms with Crippen molar-refractivity contribution in [3.8, 4) is 0 Å². The molecule has 2 aromatic rings. The van der Waals surface area contributed by atoms with Crippen molar-refractivity contribution in [3.05, 3.63) is 64.2 Å². The Morgan fingerprint density at radius 1 is 1.27 bits per heavy atom. The number of likely N-dealkylation sites (N-methyl/N-ethyl adjacent to an activating group) is 1. The van der Waals surface area contributed by atoms with Crippen LogP contribution in [0.4, 0.5) is 17.1 Å². The van der Waals surface area contributed by atoms with Crippen LogP contribution in [-0.2, 0) is 0 Å². The van der Waals surface area contributed by atoms with E-state index in [0.717, 1.165) is 25.2 Å². The number of rotatable bonds is 5. The van der Waals surface area contributed by atoms with Crippen LogP contribution in [0.1, 0.15) is 16.8 Å². The number of anilines is 2. The number of nitro groups is 1. The summed E-state index contributed by atoms with van der Waals surface area (Å²) in [6.07, 6.45) is 0.887. The predicted molar refractivity (Wildman–Crippen MR) is 103 cm³/mol. The third-order valence-corrected chi connectivity index (χ3v) is 4.40. The zero-order chi connectivity index (χ0) is 17.8. The minimum absolute atomic E-state index is 0. The fraction of sp³-hybridized carbons (Fsp3) is 0.278. The maximum atomic E-state index is 12.6. The van der Waals surface area contributed by atoms with Gasteiger partial charge in [0.2, 0.25) is 0 Å². The second kappa shape index (κ2) is 8.64. The van der Waals surface area contributed by atoms with E-state index in [2.05, 4.69) is 10.6 Å². The van der Waals surface area contributed by atoms with E-state index in [-0.39, 0.29) is 30.0 Å². The van der Waals surface area contributed by atoms with E-state index in [1.54, 1.807) is 24.1 Å². The smallest absolute Gasteiger partial charge is 0.293 e. The van der Waals surface area contributed by atoms with Crippen molar-refractivity contribution in [2.45, 2.75) is 12.5 Å². The van der Waals surface area contributed by atoms with Gasteiger partial charge in [-0.2, -0.15) is 0 Å². The molecular weight excluding hydrogens is 356 g/mol. The molecule has 0 aliphatic carbocycles. The second-order valence-corrected chi connectivity index (χ2v) is 6.04. The SMILES string of the molecule is CN(C(=O)c1ccc(Nc2ccccc2)c([N+](=O)[O-])c1)C1CCNC1.Cl. The lowest BCUT2D eigenvalue weighted by Gasteiger charge is -2.23. The largest absolute Gasteiger partial charge is 0.350 e. The maximum absolute atomic E-state index is 12.6. The molecule has 8 heteroatoms. The Bertz CT molecular complexity index is 779. The molecule has 0 saturated carbocycles. The summed E-state index contributed by atoms with van der Waals surface area (Å²) in [5.74, 6) is -0.205. The first-order chi connectivity index (χ1) is 12.1. The van der Waals surface area contributed by atoms with Crippen molar-refractivity contribution in [1.82, 2.24) is 10.2 Å². The maximum Gasteiger partial charge on any atom is 0.293 e. The third kappa shape index (κ3) is 4.30. The number of nitrogens with one attached hydrogen (secondary N) is 2. The molecule has 2 N–H and O–H groups in total. The summed E-state index contributed by atoms with van der Waals surface area (Å²) in [6.45, 7) is 1.63. The second-order valence-electron chi connectivity index (χ2n) is 6.04. The number of carbonyl (C=O) groups excluding carboxylic acids is 1. The highest BCUT2D eigenvalue weighted by molar-refractivity contribution is 5.96. The summed E-state index contributed by atoms with van der Waals surface area (Å²) in [6, 6.07) is 13.9. The number of hydrogen-bond donors (Lipinski definition) is 2. The summed E-state index contributed by atoms with van der Waals surface area (Å²) < 4.78 is 0. The number of para-hydroxylation sites is 1. The van der Waals surface area contributed by atoms with Crippen LogP contribution in [0.15, 0.2) is 48.5 Å². The first-order valence-corrected chi connectivity index (χ1v) is 8.14. The van der Waals surface area contributed by atoms with E-state index in [4.69, 9.17) is 0 Å². The first kappa shape index (κ1) is 19.7. The number of halogens is 1. The molecule has 1 fully saturated rings. The molecular formula is C18H21ClN4O3. The number of nitro benzene ring substituents is 1. The summed E-state index contributed by atoms with van der Waals surface area (Å²) in [5.41, 5.74) is 1.31. The standard InChI is InChI=1S/C18H20N4O3.ClH/c1-21(15-9-10-19-12-15)18(23)13-7-8-16(17(11-13)22(24)25)20-14-5-3-2-4-6-14;/h2-8,11,15,19-20H,9-10,12H2,1H3;1H. The van der Waals surface area contributed by atoms with Gasteiger partial charge in [0, 0.05) is 37.0 Å². The van der Waals surface area contributed by atoms with E-state index in [1.165, 1.54) is 6.07 Å². The minimum atomic E-state index is -0.473. The van der Waals surface area contributed by atoms with Crippen molar-refractivity contribution in [1.29, 1.82) is 0 Å². The number of amides is 1. The van der Waals surface area contributed by atoms with Crippen LogP contribution >= 0.6 is 12.4 Å². The zero-order valence-corrected chi connectivity index (χ0v) is 15.2. The van der Waals surface area contributed by atoms with Gasteiger partial charge >= 0.3 is 0 Å². The zero-order valence-electron chi connectivity index (χ0n) is 14.3. The Kier molecular flexibility index (Phi) is 6.54. The lowest BCUT2D eigenvalue weighted by Crippen LogP contribution is -2.38. The van der Waals surface area contributed by atoms with Crippen LogP contribution in [0.2, 0.25) is 0 Å². The van der Waals surface area contributed by atoms with Gasteiger partial charge in [-0.1, -0.05) is 18.2 Å². The van der Waals surface area contributed by atoms with Crippen LogP contribution in [-0.4, -0.2) is 41.9 Å². The molecule has 1 aliphatic rings. The Labute approximate surface area is 157 Å². The molecule has 0 spiro atoms. The molecule has 7 nitrogen and oxygen atoms in total. The van der Waals surface area contributed by atoms with Crippen molar-refractivity contribution in [2.24, 2.45) is 0 Å². The third-order valence-electron chi connectivity index (χ3n) is 4.40. The molecule has 1 unspecified atom stereocenters. The average molecular weight is 377 g/mol. The van der Waals surface area contributed by atoms with Crippen molar-refractivity contribution < 1.29 is 9.72 Å². The van der Waals surface area contributed by atoms with E-state index in [9.17, 15) is 14.9 Å². The van der Waals surface area contributed by atoms with E-state index in [1.807, 2.05) is 30.3 Å². The summed E-state index contributed by atoms with van der Waals surface area (Å²) in [5, 5.41) is 17.7. The van der Waals surface area contributed by atoms with Crippen LogP contribution in [0.5, 0.6) is 0 Å². The minimum Gasteiger partial charge on any atom is -0.350 e. The van der Waals surface area contributed by atoms with Crippen molar-refractivity contribution in [2.75, 3.05) is 25.5 Å². The number of hydrogen-bond acceptors (Lipinski definition) is 5. The summed E-state index contributed by atoms with van der Waals surface area (Å²) in [4.78, 5) is 25.3. The Balaban J connectivity index is 0.00000243. The molecule has 3 rings (SSSR count). The molecule has 1 saturated heterocycles. The highest BCUT2D eigenvalue weighted by Gasteiger charge is 2.26. The van der Waals surface area contributed by atoms with Gasteiger partial charge in [-0.05, 0) is 37.2 Å². The predicted octanol–water partition coefficient (Wildman–Crippen LogP) is 3.19. The first-order valence-electron chi connectivity index (χ1n) is 8.14. The Morgan fingerprint density at radius 2 is 2.00 bits per heavy atom. The van der Waals surface area contributed by atoms with Gasteiger partial charge in [-0.15, -0.1) is 12.4 Å². The molecule has 1 atom stereocenters. The van der Waals surface area contributed by atoms with E-state index < -0.39 is 4.92 Å². The summed E-state index contributed by atoms with van der Waals surface area (Å²) in [7, 11) is 1.74. The van der Waals surface area contributed by atoms with Gasteiger partial charge in [-0.25, -0.2) is 0 Å². The lowest BCUT2D eigenvalue weighted by atomic mass is 10.1. The fourth-order valence-corrected chi connectivity index (χ4v) is 2.94. The molecule has 0 radical (unpaired) electrons. The van der Waals surface area contributed by atoms with Gasteiger partial charge in [-0.3, -0.25) is 14.9 Å². The van der Waals surface area contributed by atoms with Crippen LogP contribution in [0.25, 0.3) is 0 Å². The molecule has 1 amide bonds. The average Bonchev–Trinajstić information content (AvgIpc) is 3.16. The monoisotopic (exact) mass is 376 g/mol. The number of carbonyl (C=O) groups is 1. The summed E-state index contributed by atoms with van der Waals surface area (Å²) >= 11 is 0. The highest BCUT2D eigenvalue weighted by atomic mass is 35.5. The van der Waals surface area contributed by atoms with Crippen molar-refractivity contribution in [3.63, 3.8) is 0 Å². The fourth-order valence-electron chi connectivity index (χ4n) is 2.94. The Morgan fingerprint density at radius 3 is 2.62 bits per heavy atom. The lowest BCUT2D eigenvalue weighted by molar-refractivity contribution is -0.383. The van der Waals surface area contributed by atoms with Gasteiger partial charge < -0.3 is 15.5 Å². The van der Waals surface area contributed by atoms with Crippen LogP contribution in [0, 0.1) is 10.1 Å². The molecule has 1 heterocycles. The van der Waals surface area contributed by atoms with Crippen molar-refractivity contribution >= 4 is 35.4 Å². The highest BCUT2D eigenvalue weighted by Crippen LogP contribution is 2.29. The number of nitrogens with zero attached hydrogens (tertiary/aromatic N) is 2. The molecule has 1 aliphatic heterocycles. The van der Waals surface area contributed by atoms with E-state index >= 15 is 0 Å². The van der Waals surface area contributed by atoms with Crippen LogP contribution < -0.4 is 10.6 Å². The molecule has 0 aromatic heterocycles.